The number of rotatable bonds is 2. The van der Waals surface area contributed by atoms with Crippen LogP contribution in [0.1, 0.15) is 50.7 Å². The first-order valence-corrected chi connectivity index (χ1v) is 9.53. The van der Waals surface area contributed by atoms with Gasteiger partial charge in [-0.15, -0.1) is 0 Å². The Morgan fingerprint density at radius 3 is 1.56 bits per heavy atom. The molecule has 0 atom stereocenters. The molecule has 0 aliphatic heterocycles. The normalized spacial score (nSPS) is 10.0. The summed E-state index contributed by atoms with van der Waals surface area (Å²) in [6.07, 6.45) is 0. The van der Waals surface area contributed by atoms with E-state index in [4.69, 9.17) is 18.6 Å². The van der Waals surface area contributed by atoms with Crippen LogP contribution in [0.3, 0.4) is 0 Å². The molecule has 1 nitrogen and oxygen atoms in total. The van der Waals surface area contributed by atoms with Gasteiger partial charge in [0.2, 0.25) is 0 Å². The van der Waals surface area contributed by atoms with Crippen molar-refractivity contribution in [2.45, 2.75) is 39.5 Å². The fourth-order valence-electron chi connectivity index (χ4n) is 1.51. The van der Waals surface area contributed by atoms with Crippen LogP contribution in [-0.2, 0) is 17.0 Å². The van der Waals surface area contributed by atoms with Crippen LogP contribution in [0.2, 0.25) is 0 Å². The van der Waals surface area contributed by atoms with Crippen molar-refractivity contribution in [1.82, 2.24) is 0 Å². The third kappa shape index (κ3) is 5.10. The second-order valence-corrected chi connectivity index (χ2v) is 6.75. The summed E-state index contributed by atoms with van der Waals surface area (Å²) in [6.45, 7) is 8.39. The van der Waals surface area contributed by atoms with E-state index in [-0.39, 0.29) is 0 Å². The second-order valence-electron chi connectivity index (χ2n) is 4.17. The number of phenolic OH excluding ortho intramolecular Hbond substituents is 1. The molecule has 16 heavy (non-hydrogen) atoms. The van der Waals surface area contributed by atoms with Crippen molar-refractivity contribution in [3.05, 3.63) is 29.3 Å². The molecule has 0 aliphatic carbocycles. The van der Waals surface area contributed by atoms with E-state index in [1.54, 1.807) is 0 Å². The zero-order valence-electron chi connectivity index (χ0n) is 10.1. The molecule has 0 unspecified atom stereocenters. The van der Waals surface area contributed by atoms with Crippen molar-refractivity contribution in [2.24, 2.45) is 0 Å². The Bertz CT molecular complexity index is 288. The molecule has 0 spiro atoms. The van der Waals surface area contributed by atoms with Crippen LogP contribution in [0, 0.1) is 0 Å². The van der Waals surface area contributed by atoms with Crippen molar-refractivity contribution in [3.63, 3.8) is 0 Å². The van der Waals surface area contributed by atoms with Crippen LogP contribution in [0.15, 0.2) is 18.2 Å². The number of aromatic hydroxyl groups is 1. The maximum absolute atomic E-state index is 9.93. The number of para-hydroxylation sites is 1. The quantitative estimate of drug-likeness (QED) is 0.760. The summed E-state index contributed by atoms with van der Waals surface area (Å²) in [6, 6.07) is 6.00. The molecule has 0 fully saturated rings. The summed E-state index contributed by atoms with van der Waals surface area (Å²) in [5.74, 6) is 1.25. The Hall–Kier alpha value is 0.314. The van der Waals surface area contributed by atoms with Crippen molar-refractivity contribution in [2.75, 3.05) is 0 Å². The van der Waals surface area contributed by atoms with Gasteiger partial charge >= 0.3 is 35.6 Å². The van der Waals surface area contributed by atoms with Gasteiger partial charge in [-0.25, -0.2) is 0 Å². The molecule has 90 valence electrons. The molecular weight excluding hydrogens is 279 g/mol. The molecule has 1 N–H and O–H groups in total. The Labute approximate surface area is 115 Å². The van der Waals surface area contributed by atoms with Gasteiger partial charge in [-0.05, 0) is 23.0 Å². The van der Waals surface area contributed by atoms with Gasteiger partial charge in [0.1, 0.15) is 5.75 Å². The number of hydrogen-bond acceptors (Lipinski definition) is 1. The molecular formula is C12H18Cl2OTi. The van der Waals surface area contributed by atoms with Crippen molar-refractivity contribution in [1.29, 1.82) is 0 Å². The fraction of sp³-hybridized carbons (Fsp3) is 0.500. The zero-order valence-corrected chi connectivity index (χ0v) is 13.2. The number of halogens is 2. The summed E-state index contributed by atoms with van der Waals surface area (Å²) in [4.78, 5) is 0. The van der Waals surface area contributed by atoms with Crippen LogP contribution in [0.5, 0.6) is 5.75 Å². The predicted molar refractivity (Wildman–Crippen MR) is 68.0 cm³/mol. The summed E-state index contributed by atoms with van der Waals surface area (Å²) >= 11 is -0.556. The van der Waals surface area contributed by atoms with Gasteiger partial charge in [0.15, 0.2) is 0 Å². The zero-order chi connectivity index (χ0) is 12.7. The average molecular weight is 297 g/mol. The van der Waals surface area contributed by atoms with Gasteiger partial charge in [0.05, 0.1) is 0 Å². The SMILES string of the molecule is CC(C)c1cccc(C(C)C)c1O.[Cl][Ti][Cl]. The Balaban J connectivity index is 0.000000673. The maximum atomic E-state index is 9.93. The van der Waals surface area contributed by atoms with Crippen molar-refractivity contribution < 1.29 is 22.1 Å². The molecule has 0 heterocycles. The number of hydrogen-bond donors (Lipinski definition) is 1. The van der Waals surface area contributed by atoms with Crippen LogP contribution in [0.25, 0.3) is 0 Å². The first-order chi connectivity index (χ1) is 7.45. The molecule has 4 heteroatoms. The molecule has 0 aromatic heterocycles. The average Bonchev–Trinajstić information content (AvgIpc) is 2.18. The van der Waals surface area contributed by atoms with Gasteiger partial charge in [-0.2, -0.15) is 0 Å². The minimum atomic E-state index is -0.556. The Kier molecular flexibility index (Phi) is 8.58. The predicted octanol–water partition coefficient (Wildman–Crippen LogP) is 5.02. The summed E-state index contributed by atoms with van der Waals surface area (Å²) < 4.78 is 0. The van der Waals surface area contributed by atoms with Gasteiger partial charge in [0.25, 0.3) is 0 Å². The fourth-order valence-corrected chi connectivity index (χ4v) is 1.51. The molecule has 0 saturated heterocycles. The Morgan fingerprint density at radius 1 is 1.00 bits per heavy atom. The van der Waals surface area contributed by atoms with E-state index in [2.05, 4.69) is 27.7 Å². The summed E-state index contributed by atoms with van der Waals surface area (Å²) in [7, 11) is 9.78. The topological polar surface area (TPSA) is 20.2 Å². The van der Waals surface area contributed by atoms with Crippen LogP contribution in [-0.4, -0.2) is 5.11 Å². The third-order valence-electron chi connectivity index (χ3n) is 2.34. The number of phenols is 1. The molecule has 1 rings (SSSR count). The molecule has 0 amide bonds. The molecule has 0 aliphatic rings. The summed E-state index contributed by atoms with van der Waals surface area (Å²) in [5, 5.41) is 9.93. The van der Waals surface area contributed by atoms with Gasteiger partial charge in [-0.3, -0.25) is 0 Å². The monoisotopic (exact) mass is 296 g/mol. The molecule has 0 bridgehead atoms. The van der Waals surface area contributed by atoms with E-state index >= 15 is 0 Å². The van der Waals surface area contributed by atoms with E-state index in [0.29, 0.717) is 17.6 Å². The first-order valence-electron chi connectivity index (χ1n) is 5.23. The van der Waals surface area contributed by atoms with Crippen LogP contribution < -0.4 is 0 Å². The number of benzene rings is 1. The standard InChI is InChI=1S/C12H18O.2ClH.Ti/c1-8(2)10-6-5-7-11(9(3)4)12(10)13;;;/h5-9,13H,1-4H3;2*1H;/q;;;+2/p-2. The van der Waals surface area contributed by atoms with E-state index in [0.717, 1.165) is 11.1 Å². The van der Waals surface area contributed by atoms with Gasteiger partial charge < -0.3 is 5.11 Å². The molecule has 0 radical (unpaired) electrons. The first kappa shape index (κ1) is 16.3. The minimum absolute atomic E-state index is 0.388. The summed E-state index contributed by atoms with van der Waals surface area (Å²) in [5.41, 5.74) is 2.09. The molecule has 1 aromatic rings. The van der Waals surface area contributed by atoms with Gasteiger partial charge in [-0.1, -0.05) is 45.9 Å². The van der Waals surface area contributed by atoms with E-state index in [9.17, 15) is 5.11 Å². The van der Waals surface area contributed by atoms with E-state index in [1.165, 1.54) is 0 Å². The van der Waals surface area contributed by atoms with Crippen LogP contribution in [0.4, 0.5) is 0 Å². The van der Waals surface area contributed by atoms with Crippen molar-refractivity contribution in [3.8, 4) is 5.75 Å². The van der Waals surface area contributed by atoms with E-state index in [1.807, 2.05) is 18.2 Å². The van der Waals surface area contributed by atoms with E-state index < -0.39 is 17.0 Å². The third-order valence-corrected chi connectivity index (χ3v) is 2.34. The van der Waals surface area contributed by atoms with Crippen LogP contribution >= 0.6 is 18.6 Å². The second kappa shape index (κ2) is 8.41. The van der Waals surface area contributed by atoms with Crippen molar-refractivity contribution >= 4 is 18.6 Å². The Morgan fingerprint density at radius 2 is 1.31 bits per heavy atom. The van der Waals surface area contributed by atoms with Gasteiger partial charge in [0, 0.05) is 0 Å². The molecule has 0 saturated carbocycles. The molecule has 1 aromatic carbocycles.